The number of amides is 1. The first-order valence-electron chi connectivity index (χ1n) is 3.99. The highest BCUT2D eigenvalue weighted by molar-refractivity contribution is 5.93. The third-order valence-electron chi connectivity index (χ3n) is 1.57. The van der Waals surface area contributed by atoms with E-state index in [4.69, 9.17) is 5.73 Å². The van der Waals surface area contributed by atoms with E-state index in [-0.39, 0.29) is 11.3 Å². The van der Waals surface area contributed by atoms with Gasteiger partial charge in [-0.1, -0.05) is 6.07 Å². The van der Waals surface area contributed by atoms with Gasteiger partial charge in [0.2, 0.25) is 5.91 Å². The largest absolute Gasteiger partial charge is 0.454 e. The summed E-state index contributed by atoms with van der Waals surface area (Å²) in [5, 5.41) is 0. The Morgan fingerprint density at radius 2 is 2.00 bits per heavy atom. The molecule has 0 aliphatic rings. The first kappa shape index (κ1) is 11.4. The molecule has 0 radical (unpaired) electrons. The van der Waals surface area contributed by atoms with Crippen molar-refractivity contribution in [2.75, 3.05) is 0 Å². The lowest BCUT2D eigenvalue weighted by Gasteiger charge is -2.10. The Labute approximate surface area is 83.6 Å². The van der Waals surface area contributed by atoms with Crippen molar-refractivity contribution in [3.63, 3.8) is 0 Å². The van der Waals surface area contributed by atoms with Crippen molar-refractivity contribution < 1.29 is 22.7 Å². The van der Waals surface area contributed by atoms with E-state index in [2.05, 4.69) is 4.74 Å². The van der Waals surface area contributed by atoms with Gasteiger partial charge in [-0.3, -0.25) is 4.79 Å². The molecule has 0 aromatic heterocycles. The van der Waals surface area contributed by atoms with E-state index in [1.807, 2.05) is 0 Å². The van der Waals surface area contributed by atoms with Crippen molar-refractivity contribution in [1.82, 2.24) is 0 Å². The van der Waals surface area contributed by atoms with Gasteiger partial charge in [0.1, 0.15) is 5.75 Å². The summed E-state index contributed by atoms with van der Waals surface area (Å²) in [7, 11) is 0. The fourth-order valence-electron chi connectivity index (χ4n) is 0.904. The van der Waals surface area contributed by atoms with E-state index in [9.17, 15) is 18.0 Å². The number of alkyl halides is 3. The lowest BCUT2D eigenvalue weighted by molar-refractivity contribution is -0.0669. The average Bonchev–Trinajstić information content (AvgIpc) is 2.18. The molecule has 1 aromatic rings. The SMILES string of the molecule is NC(=O)c1cccc(OC(F)C(F)F)c1. The zero-order valence-electron chi connectivity index (χ0n) is 7.49. The van der Waals surface area contributed by atoms with Gasteiger partial charge in [-0.25, -0.2) is 8.78 Å². The van der Waals surface area contributed by atoms with Crippen LogP contribution in [0.5, 0.6) is 5.75 Å². The van der Waals surface area contributed by atoms with Crippen LogP contribution in [0.1, 0.15) is 10.4 Å². The fraction of sp³-hybridized carbons (Fsp3) is 0.222. The molecule has 2 N–H and O–H groups in total. The molecular formula is C9H8F3NO2. The average molecular weight is 219 g/mol. The number of carbonyl (C=O) groups is 1. The molecule has 1 aromatic carbocycles. The summed E-state index contributed by atoms with van der Waals surface area (Å²) >= 11 is 0. The number of nitrogens with two attached hydrogens (primary N) is 1. The van der Waals surface area contributed by atoms with Crippen LogP contribution in [-0.2, 0) is 0 Å². The minimum Gasteiger partial charge on any atom is -0.454 e. The highest BCUT2D eigenvalue weighted by Crippen LogP contribution is 2.17. The Morgan fingerprint density at radius 1 is 1.33 bits per heavy atom. The van der Waals surface area contributed by atoms with E-state index in [0.29, 0.717) is 0 Å². The first-order chi connectivity index (χ1) is 7.00. The van der Waals surface area contributed by atoms with Crippen LogP contribution in [0, 0.1) is 0 Å². The van der Waals surface area contributed by atoms with Gasteiger partial charge in [-0.05, 0) is 18.2 Å². The van der Waals surface area contributed by atoms with Crippen molar-refractivity contribution in [1.29, 1.82) is 0 Å². The number of rotatable bonds is 4. The number of halogens is 3. The topological polar surface area (TPSA) is 52.3 Å². The van der Waals surface area contributed by atoms with Crippen molar-refractivity contribution in [2.24, 2.45) is 5.73 Å². The summed E-state index contributed by atoms with van der Waals surface area (Å²) < 4.78 is 40.3. The predicted octanol–water partition coefficient (Wildman–Crippen LogP) is 1.72. The molecule has 1 atom stereocenters. The van der Waals surface area contributed by atoms with Crippen molar-refractivity contribution in [2.45, 2.75) is 12.8 Å². The zero-order valence-corrected chi connectivity index (χ0v) is 7.49. The highest BCUT2D eigenvalue weighted by Gasteiger charge is 2.20. The van der Waals surface area contributed by atoms with Gasteiger partial charge in [0.15, 0.2) is 0 Å². The number of primary amides is 1. The first-order valence-corrected chi connectivity index (χ1v) is 3.99. The molecule has 0 aliphatic heterocycles. The van der Waals surface area contributed by atoms with Gasteiger partial charge in [0.05, 0.1) is 0 Å². The second-order valence-electron chi connectivity index (χ2n) is 2.70. The molecule has 0 fully saturated rings. The third kappa shape index (κ3) is 3.16. The minimum atomic E-state index is -3.23. The molecule has 15 heavy (non-hydrogen) atoms. The number of ether oxygens (including phenoxy) is 1. The Bertz CT molecular complexity index is 357. The van der Waals surface area contributed by atoms with Crippen LogP contribution in [0.25, 0.3) is 0 Å². The maximum absolute atomic E-state index is 12.5. The van der Waals surface area contributed by atoms with E-state index in [1.54, 1.807) is 0 Å². The number of carbonyl (C=O) groups excluding carboxylic acids is 1. The molecule has 1 unspecified atom stereocenters. The molecule has 3 nitrogen and oxygen atoms in total. The molecule has 6 heteroatoms. The Hall–Kier alpha value is -1.72. The number of benzene rings is 1. The smallest absolute Gasteiger partial charge is 0.304 e. The highest BCUT2D eigenvalue weighted by atomic mass is 19.3. The summed E-state index contributed by atoms with van der Waals surface area (Å²) in [6.07, 6.45) is -5.95. The summed E-state index contributed by atoms with van der Waals surface area (Å²) in [6.45, 7) is 0. The van der Waals surface area contributed by atoms with E-state index < -0.39 is 18.7 Å². The third-order valence-corrected chi connectivity index (χ3v) is 1.57. The molecule has 0 heterocycles. The lowest BCUT2D eigenvalue weighted by atomic mass is 10.2. The van der Waals surface area contributed by atoms with Crippen LogP contribution < -0.4 is 10.5 Å². The summed E-state index contributed by atoms with van der Waals surface area (Å²) in [5.41, 5.74) is 5.00. The Morgan fingerprint density at radius 3 is 2.53 bits per heavy atom. The molecule has 1 rings (SSSR count). The van der Waals surface area contributed by atoms with E-state index >= 15 is 0 Å². The zero-order chi connectivity index (χ0) is 11.4. The summed E-state index contributed by atoms with van der Waals surface area (Å²) in [4.78, 5) is 10.7. The predicted molar refractivity (Wildman–Crippen MR) is 46.5 cm³/mol. The Kier molecular flexibility index (Phi) is 3.54. The van der Waals surface area contributed by atoms with Gasteiger partial charge in [0, 0.05) is 5.56 Å². The van der Waals surface area contributed by atoms with Gasteiger partial charge in [-0.15, -0.1) is 0 Å². The normalized spacial score (nSPS) is 12.5. The summed E-state index contributed by atoms with van der Waals surface area (Å²) in [5.74, 6) is -0.910. The standard InChI is InChI=1S/C9H8F3NO2/c10-7(11)8(12)15-6-3-1-2-5(4-6)9(13)14/h1-4,7-8H,(H2,13,14). The second-order valence-corrected chi connectivity index (χ2v) is 2.70. The van der Waals surface area contributed by atoms with Crippen LogP contribution in [0.3, 0.4) is 0 Å². The van der Waals surface area contributed by atoms with Crippen LogP contribution >= 0.6 is 0 Å². The van der Waals surface area contributed by atoms with Crippen LogP contribution in [0.2, 0.25) is 0 Å². The van der Waals surface area contributed by atoms with Gasteiger partial charge in [0.25, 0.3) is 6.36 Å². The van der Waals surface area contributed by atoms with E-state index in [0.717, 1.165) is 6.07 Å². The molecule has 1 amide bonds. The van der Waals surface area contributed by atoms with Crippen molar-refractivity contribution in [3.8, 4) is 5.75 Å². The maximum Gasteiger partial charge on any atom is 0.304 e. The quantitative estimate of drug-likeness (QED) is 0.838. The molecule has 0 saturated carbocycles. The number of hydrogen-bond acceptors (Lipinski definition) is 2. The monoisotopic (exact) mass is 219 g/mol. The van der Waals surface area contributed by atoms with Gasteiger partial charge >= 0.3 is 6.43 Å². The maximum atomic E-state index is 12.5. The van der Waals surface area contributed by atoms with E-state index in [1.165, 1.54) is 18.2 Å². The molecular weight excluding hydrogens is 211 g/mol. The van der Waals surface area contributed by atoms with Gasteiger partial charge < -0.3 is 10.5 Å². The van der Waals surface area contributed by atoms with Gasteiger partial charge in [-0.2, -0.15) is 4.39 Å². The Balaban J connectivity index is 2.78. The van der Waals surface area contributed by atoms with Crippen molar-refractivity contribution >= 4 is 5.91 Å². The fourth-order valence-corrected chi connectivity index (χ4v) is 0.904. The molecule has 0 bridgehead atoms. The molecule has 0 spiro atoms. The molecule has 0 saturated heterocycles. The molecule has 0 aliphatic carbocycles. The summed E-state index contributed by atoms with van der Waals surface area (Å²) in [6, 6.07) is 5.07. The minimum absolute atomic E-state index is 0.0639. The van der Waals surface area contributed by atoms with Crippen LogP contribution in [0.15, 0.2) is 24.3 Å². The van der Waals surface area contributed by atoms with Crippen LogP contribution in [-0.4, -0.2) is 18.7 Å². The number of hydrogen-bond donors (Lipinski definition) is 1. The van der Waals surface area contributed by atoms with Crippen molar-refractivity contribution in [3.05, 3.63) is 29.8 Å². The molecule has 82 valence electrons. The lowest BCUT2D eigenvalue weighted by Crippen LogP contribution is -2.20. The second kappa shape index (κ2) is 4.68. The van der Waals surface area contributed by atoms with Crippen LogP contribution in [0.4, 0.5) is 13.2 Å².